The number of allylic oxidation sites excluding steroid dienone is 1. The smallest absolute Gasteiger partial charge is 0.186 e. The Labute approximate surface area is 191 Å². The molecule has 1 aromatic heterocycles. The molecule has 0 amide bonds. The summed E-state index contributed by atoms with van der Waals surface area (Å²) in [7, 11) is 0. The predicted octanol–water partition coefficient (Wildman–Crippen LogP) is 7.43. The lowest BCUT2D eigenvalue weighted by Crippen LogP contribution is -2.00. The van der Waals surface area contributed by atoms with Gasteiger partial charge in [-0.25, -0.2) is 0 Å². The molecule has 0 bridgehead atoms. The Morgan fingerprint density at radius 3 is 2.36 bits per heavy atom. The van der Waals surface area contributed by atoms with Gasteiger partial charge in [-0.1, -0.05) is 66.7 Å². The van der Waals surface area contributed by atoms with Crippen LogP contribution in [0.25, 0.3) is 49.3 Å². The molecule has 0 spiro atoms. The highest BCUT2D eigenvalue weighted by Gasteiger charge is 2.14. The van der Waals surface area contributed by atoms with Crippen molar-refractivity contribution in [3.63, 3.8) is 0 Å². The largest absolute Gasteiger partial charge is 0.361 e. The van der Waals surface area contributed by atoms with Crippen molar-refractivity contribution in [1.29, 1.82) is 0 Å². The van der Waals surface area contributed by atoms with E-state index in [0.717, 1.165) is 38.2 Å². The van der Waals surface area contributed by atoms with Gasteiger partial charge in [0.25, 0.3) is 0 Å². The molecule has 33 heavy (non-hydrogen) atoms. The first-order valence-electron chi connectivity index (χ1n) is 11.3. The first-order valence-corrected chi connectivity index (χ1v) is 11.3. The number of fused-ring (bicyclic) bond motifs is 1. The number of nitrogens with zero attached hydrogens (tertiary/aromatic N) is 1. The number of ether oxygens (including phenoxy) is 1. The van der Waals surface area contributed by atoms with E-state index in [-0.39, 0.29) is 5.78 Å². The first-order chi connectivity index (χ1) is 16.2. The zero-order chi connectivity index (χ0) is 22.4. The molecule has 160 valence electrons. The molecular weight excluding hydrogens is 406 g/mol. The van der Waals surface area contributed by atoms with Gasteiger partial charge < -0.3 is 9.30 Å². The fourth-order valence-corrected chi connectivity index (χ4v) is 4.91. The number of carbonyl (C=O) groups is 1. The van der Waals surface area contributed by atoms with Gasteiger partial charge in [0.2, 0.25) is 0 Å². The number of hydrogen-bond donors (Lipinski definition) is 0. The summed E-state index contributed by atoms with van der Waals surface area (Å²) in [6.07, 6.45) is 5.66. The van der Waals surface area contributed by atoms with Crippen LogP contribution in [0, 0.1) is 0 Å². The molecular formula is C30H23NO2. The summed E-state index contributed by atoms with van der Waals surface area (Å²) in [4.78, 5) is 13.4. The van der Waals surface area contributed by atoms with Crippen LogP contribution in [0.5, 0.6) is 0 Å². The number of hydrogen-bond acceptors (Lipinski definition) is 2. The molecule has 5 aromatic carbocycles. The van der Waals surface area contributed by atoms with E-state index in [4.69, 9.17) is 4.74 Å². The number of aromatic nitrogens is 1. The summed E-state index contributed by atoms with van der Waals surface area (Å²) in [6, 6.07) is 27.1. The molecule has 0 fully saturated rings. The van der Waals surface area contributed by atoms with Crippen molar-refractivity contribution in [3.05, 3.63) is 102 Å². The van der Waals surface area contributed by atoms with Gasteiger partial charge >= 0.3 is 0 Å². The Morgan fingerprint density at radius 1 is 0.818 bits per heavy atom. The third-order valence-corrected chi connectivity index (χ3v) is 6.46. The number of rotatable bonds is 6. The highest BCUT2D eigenvalue weighted by atomic mass is 16.5. The van der Waals surface area contributed by atoms with Crippen LogP contribution in [0.2, 0.25) is 0 Å². The minimum Gasteiger partial charge on any atom is -0.361 e. The van der Waals surface area contributed by atoms with Gasteiger partial charge in [0.05, 0.1) is 5.52 Å². The SMILES string of the molecule is CCOCn1cc(/C=C/C(=O)c2ccc3ccc4cccc5ccc2c3c45)c2ccccc21. The Balaban J connectivity index is 1.44. The Kier molecular flexibility index (Phi) is 4.70. The predicted molar refractivity (Wildman–Crippen MR) is 137 cm³/mol. The lowest BCUT2D eigenvalue weighted by Gasteiger charge is -2.12. The Hall–Kier alpha value is -3.95. The molecule has 6 aromatic rings. The normalized spacial score (nSPS) is 12.2. The van der Waals surface area contributed by atoms with E-state index >= 15 is 0 Å². The second-order valence-corrected chi connectivity index (χ2v) is 8.36. The molecule has 0 atom stereocenters. The lowest BCUT2D eigenvalue weighted by atomic mass is 9.91. The average Bonchev–Trinajstić information content (AvgIpc) is 3.22. The Bertz CT molecular complexity index is 1660. The summed E-state index contributed by atoms with van der Waals surface area (Å²) in [5.41, 5.74) is 2.84. The number of benzene rings is 5. The van der Waals surface area contributed by atoms with Gasteiger partial charge in [0.15, 0.2) is 5.78 Å². The van der Waals surface area contributed by atoms with Crippen molar-refractivity contribution in [3.8, 4) is 0 Å². The monoisotopic (exact) mass is 429 g/mol. The molecule has 0 unspecified atom stereocenters. The zero-order valence-electron chi connectivity index (χ0n) is 18.4. The second-order valence-electron chi connectivity index (χ2n) is 8.36. The van der Waals surface area contributed by atoms with E-state index in [9.17, 15) is 4.79 Å². The summed E-state index contributed by atoms with van der Waals surface area (Å²) in [6.45, 7) is 3.14. The summed E-state index contributed by atoms with van der Waals surface area (Å²) >= 11 is 0. The molecule has 0 saturated heterocycles. The summed E-state index contributed by atoms with van der Waals surface area (Å²) < 4.78 is 7.69. The highest BCUT2D eigenvalue weighted by Crippen LogP contribution is 2.36. The standard InChI is InChI=1S/C30H23NO2/c1-2-33-19-31-18-23(24-8-3-4-9-27(24)31)14-17-28(32)25-15-12-22-11-10-20-6-5-7-21-13-16-26(25)30(22)29(20)21/h3-18H,2,19H2,1H3/b17-14+. The molecule has 0 aliphatic carbocycles. The van der Waals surface area contributed by atoms with Gasteiger partial charge in [0.1, 0.15) is 6.73 Å². The van der Waals surface area contributed by atoms with Crippen molar-refractivity contribution >= 4 is 55.1 Å². The van der Waals surface area contributed by atoms with Crippen molar-refractivity contribution in [2.24, 2.45) is 0 Å². The van der Waals surface area contributed by atoms with Crippen molar-refractivity contribution < 1.29 is 9.53 Å². The maximum absolute atomic E-state index is 13.4. The van der Waals surface area contributed by atoms with Gasteiger partial charge in [-0.05, 0) is 63.5 Å². The molecule has 0 saturated carbocycles. The second kappa shape index (κ2) is 7.88. The average molecular weight is 430 g/mol. The van der Waals surface area contributed by atoms with Crippen LogP contribution >= 0.6 is 0 Å². The molecule has 0 aliphatic rings. The molecule has 0 aliphatic heterocycles. The zero-order valence-corrected chi connectivity index (χ0v) is 18.4. The number of para-hydroxylation sites is 1. The quantitative estimate of drug-likeness (QED) is 0.157. The van der Waals surface area contributed by atoms with Crippen LogP contribution in [0.1, 0.15) is 22.8 Å². The molecule has 0 radical (unpaired) electrons. The third kappa shape index (κ3) is 3.21. The van der Waals surface area contributed by atoms with Crippen LogP contribution in [-0.2, 0) is 11.5 Å². The van der Waals surface area contributed by atoms with Gasteiger partial charge in [-0.15, -0.1) is 0 Å². The number of carbonyl (C=O) groups excluding carboxylic acids is 1. The van der Waals surface area contributed by atoms with Crippen LogP contribution < -0.4 is 0 Å². The molecule has 3 heteroatoms. The van der Waals surface area contributed by atoms with E-state index in [1.54, 1.807) is 6.08 Å². The van der Waals surface area contributed by atoms with Gasteiger partial charge in [0, 0.05) is 29.3 Å². The van der Waals surface area contributed by atoms with E-state index in [0.29, 0.717) is 13.3 Å². The fraction of sp³-hybridized carbons (Fsp3) is 0.100. The first kappa shape index (κ1) is 19.7. The highest BCUT2D eigenvalue weighted by molar-refractivity contribution is 6.27. The minimum atomic E-state index is 0.00886. The van der Waals surface area contributed by atoms with Crippen molar-refractivity contribution in [2.75, 3.05) is 6.61 Å². The van der Waals surface area contributed by atoms with Gasteiger partial charge in [-0.3, -0.25) is 4.79 Å². The molecule has 1 heterocycles. The minimum absolute atomic E-state index is 0.00886. The van der Waals surface area contributed by atoms with Crippen LogP contribution in [-0.4, -0.2) is 17.0 Å². The van der Waals surface area contributed by atoms with Crippen molar-refractivity contribution in [2.45, 2.75) is 13.7 Å². The van der Waals surface area contributed by atoms with E-state index < -0.39 is 0 Å². The maximum atomic E-state index is 13.4. The molecule has 6 rings (SSSR count). The van der Waals surface area contributed by atoms with E-state index in [1.807, 2.05) is 37.4 Å². The van der Waals surface area contributed by atoms with E-state index in [2.05, 4.69) is 65.2 Å². The topological polar surface area (TPSA) is 31.2 Å². The van der Waals surface area contributed by atoms with Crippen LogP contribution in [0.3, 0.4) is 0 Å². The Morgan fingerprint density at radius 2 is 1.55 bits per heavy atom. The third-order valence-electron chi connectivity index (χ3n) is 6.46. The summed E-state index contributed by atoms with van der Waals surface area (Å²) in [5.74, 6) is 0.00886. The fourth-order valence-electron chi connectivity index (χ4n) is 4.91. The number of ketones is 1. The van der Waals surface area contributed by atoms with Crippen molar-refractivity contribution in [1.82, 2.24) is 4.57 Å². The maximum Gasteiger partial charge on any atom is 0.186 e. The van der Waals surface area contributed by atoms with E-state index in [1.165, 1.54) is 16.2 Å². The van der Waals surface area contributed by atoms with Crippen LogP contribution in [0.4, 0.5) is 0 Å². The molecule has 3 nitrogen and oxygen atoms in total. The van der Waals surface area contributed by atoms with Gasteiger partial charge in [-0.2, -0.15) is 0 Å². The summed E-state index contributed by atoms with van der Waals surface area (Å²) in [5, 5.41) is 8.07. The van der Waals surface area contributed by atoms with Crippen LogP contribution in [0.15, 0.2) is 91.1 Å². The molecule has 0 N–H and O–H groups in total. The lowest BCUT2D eigenvalue weighted by molar-refractivity contribution is 0.0909.